The average Bonchev–Trinajstić information content (AvgIpc) is 2.94. The Morgan fingerprint density at radius 2 is 1.79 bits per heavy atom. The summed E-state index contributed by atoms with van der Waals surface area (Å²) in [5.74, 6) is 1.58. The van der Waals surface area contributed by atoms with Gasteiger partial charge in [-0.2, -0.15) is 0 Å². The quantitative estimate of drug-likeness (QED) is 0.654. The lowest BCUT2D eigenvalue weighted by Crippen LogP contribution is -2.59. The Hall–Kier alpha value is -1.45. The van der Waals surface area contributed by atoms with Gasteiger partial charge in [-0.25, -0.2) is 0 Å². The minimum absolute atomic E-state index is 0.0945. The predicted molar refractivity (Wildman–Crippen MR) is 107 cm³/mol. The highest BCUT2D eigenvalue weighted by molar-refractivity contribution is 5.92. The van der Waals surface area contributed by atoms with E-state index in [1.54, 1.807) is 0 Å². The predicted octanol–water partition coefficient (Wildman–Crippen LogP) is 4.80. The Morgan fingerprint density at radius 1 is 1.07 bits per heavy atom. The maximum atomic E-state index is 13.1. The van der Waals surface area contributed by atoms with Gasteiger partial charge in [0.2, 0.25) is 0 Å². The third-order valence-electron chi connectivity index (χ3n) is 9.17. The molecule has 0 spiro atoms. The van der Waals surface area contributed by atoms with Crippen LogP contribution in [0.1, 0.15) is 85.5 Å². The van der Waals surface area contributed by atoms with E-state index in [-0.39, 0.29) is 28.4 Å². The maximum absolute atomic E-state index is 13.1. The number of ether oxygens (including phenoxy) is 1. The van der Waals surface area contributed by atoms with E-state index in [9.17, 15) is 14.4 Å². The van der Waals surface area contributed by atoms with E-state index in [1.807, 2.05) is 13.0 Å². The molecule has 0 saturated heterocycles. The summed E-state index contributed by atoms with van der Waals surface area (Å²) in [6, 6.07) is 0. The number of fused-ring (bicyclic) bond motifs is 5. The molecule has 0 amide bonds. The molecule has 3 fully saturated rings. The molecular formula is C24H34O4. The molecule has 28 heavy (non-hydrogen) atoms. The minimum atomic E-state index is -0.942. The Kier molecular flexibility index (Phi) is 4.63. The number of carbonyl (C=O) groups excluding carboxylic acids is 3. The lowest BCUT2D eigenvalue weighted by atomic mass is 9.46. The number of hydrogen-bond donors (Lipinski definition) is 0. The summed E-state index contributed by atoms with van der Waals surface area (Å²) < 4.78 is 5.91. The second-order valence-corrected chi connectivity index (χ2v) is 10.2. The molecule has 0 aromatic heterocycles. The van der Waals surface area contributed by atoms with Crippen molar-refractivity contribution in [2.75, 3.05) is 0 Å². The second kappa shape index (κ2) is 6.53. The highest BCUT2D eigenvalue weighted by atomic mass is 16.6. The minimum Gasteiger partial charge on any atom is -0.451 e. The van der Waals surface area contributed by atoms with E-state index in [1.165, 1.54) is 12.5 Å². The van der Waals surface area contributed by atoms with E-state index in [4.69, 9.17) is 4.74 Å². The Labute approximate surface area is 168 Å². The summed E-state index contributed by atoms with van der Waals surface area (Å²) >= 11 is 0. The monoisotopic (exact) mass is 386 g/mol. The highest BCUT2D eigenvalue weighted by Gasteiger charge is 2.68. The second-order valence-electron chi connectivity index (χ2n) is 10.2. The summed E-state index contributed by atoms with van der Waals surface area (Å²) in [5.41, 5.74) is 0.277. The summed E-state index contributed by atoms with van der Waals surface area (Å²) in [4.78, 5) is 37.1. The first-order chi connectivity index (χ1) is 13.2. The first kappa shape index (κ1) is 19.8. The first-order valence-electron chi connectivity index (χ1n) is 11.1. The topological polar surface area (TPSA) is 60.4 Å². The van der Waals surface area contributed by atoms with Gasteiger partial charge in [0.05, 0.1) is 0 Å². The van der Waals surface area contributed by atoms with Gasteiger partial charge in [-0.05, 0) is 74.2 Å². The number of allylic oxidation sites excluding steroid dienone is 1. The van der Waals surface area contributed by atoms with Gasteiger partial charge in [-0.15, -0.1) is 0 Å². The normalized spacial score (nSPS) is 44.8. The maximum Gasteiger partial charge on any atom is 0.303 e. The molecule has 4 heteroatoms. The van der Waals surface area contributed by atoms with Crippen LogP contribution in [-0.4, -0.2) is 23.1 Å². The molecule has 154 valence electrons. The summed E-state index contributed by atoms with van der Waals surface area (Å²) in [6.07, 6.45) is 9.68. The van der Waals surface area contributed by atoms with Crippen molar-refractivity contribution in [3.63, 3.8) is 0 Å². The molecule has 0 aromatic carbocycles. The van der Waals surface area contributed by atoms with E-state index < -0.39 is 5.60 Å². The fraction of sp³-hybridized carbons (Fsp3) is 0.792. The molecule has 0 radical (unpaired) electrons. The van der Waals surface area contributed by atoms with Crippen LogP contribution in [0.4, 0.5) is 0 Å². The average molecular weight is 387 g/mol. The van der Waals surface area contributed by atoms with Crippen LogP contribution in [0.2, 0.25) is 0 Å². The zero-order chi connectivity index (χ0) is 20.3. The molecule has 4 aliphatic rings. The number of hydrogen-bond acceptors (Lipinski definition) is 4. The lowest BCUT2D eigenvalue weighted by molar-refractivity contribution is -0.188. The van der Waals surface area contributed by atoms with Gasteiger partial charge in [0.1, 0.15) is 0 Å². The Morgan fingerprint density at radius 3 is 2.46 bits per heavy atom. The number of rotatable bonds is 3. The van der Waals surface area contributed by atoms with Gasteiger partial charge in [0.25, 0.3) is 0 Å². The molecule has 3 saturated carbocycles. The van der Waals surface area contributed by atoms with Crippen molar-refractivity contribution in [1.29, 1.82) is 0 Å². The van der Waals surface area contributed by atoms with Crippen molar-refractivity contribution in [1.82, 2.24) is 0 Å². The lowest BCUT2D eigenvalue weighted by Gasteiger charge is -2.59. The van der Waals surface area contributed by atoms with Crippen molar-refractivity contribution < 1.29 is 19.1 Å². The van der Waals surface area contributed by atoms with Crippen LogP contribution in [0.15, 0.2) is 11.6 Å². The molecule has 0 bridgehead atoms. The zero-order valence-electron chi connectivity index (χ0n) is 17.8. The van der Waals surface area contributed by atoms with Crippen molar-refractivity contribution in [2.45, 2.75) is 91.1 Å². The largest absolute Gasteiger partial charge is 0.451 e. The highest BCUT2D eigenvalue weighted by Crippen LogP contribution is 2.68. The third kappa shape index (κ3) is 2.52. The smallest absolute Gasteiger partial charge is 0.303 e. The van der Waals surface area contributed by atoms with Gasteiger partial charge >= 0.3 is 5.97 Å². The van der Waals surface area contributed by atoms with Gasteiger partial charge in [0.15, 0.2) is 17.2 Å². The fourth-order valence-corrected chi connectivity index (χ4v) is 7.77. The van der Waals surface area contributed by atoms with Crippen molar-refractivity contribution in [3.05, 3.63) is 11.6 Å². The van der Waals surface area contributed by atoms with E-state index >= 15 is 0 Å². The van der Waals surface area contributed by atoms with Gasteiger partial charge in [-0.3, -0.25) is 14.4 Å². The molecule has 4 nitrogen and oxygen atoms in total. The van der Waals surface area contributed by atoms with Crippen LogP contribution in [0.5, 0.6) is 0 Å². The third-order valence-corrected chi connectivity index (χ3v) is 9.17. The number of carbonyl (C=O) groups is 3. The summed E-state index contributed by atoms with van der Waals surface area (Å²) in [6.45, 7) is 7.91. The van der Waals surface area contributed by atoms with Crippen LogP contribution >= 0.6 is 0 Å². The number of ketones is 2. The molecule has 6 atom stereocenters. The fourth-order valence-electron chi connectivity index (χ4n) is 7.77. The van der Waals surface area contributed by atoms with Gasteiger partial charge < -0.3 is 4.74 Å². The van der Waals surface area contributed by atoms with Crippen molar-refractivity contribution in [2.24, 2.45) is 28.6 Å². The molecular weight excluding hydrogens is 352 g/mol. The zero-order valence-corrected chi connectivity index (χ0v) is 17.8. The Bertz CT molecular complexity index is 752. The van der Waals surface area contributed by atoms with Gasteiger partial charge in [-0.1, -0.05) is 26.3 Å². The van der Waals surface area contributed by atoms with E-state index in [0.29, 0.717) is 37.0 Å². The molecule has 0 N–H and O–H groups in total. The van der Waals surface area contributed by atoms with Crippen molar-refractivity contribution in [3.8, 4) is 0 Å². The van der Waals surface area contributed by atoms with E-state index in [2.05, 4.69) is 13.8 Å². The van der Waals surface area contributed by atoms with Crippen LogP contribution in [-0.2, 0) is 19.1 Å². The van der Waals surface area contributed by atoms with E-state index in [0.717, 1.165) is 38.5 Å². The van der Waals surface area contributed by atoms with Crippen molar-refractivity contribution >= 4 is 17.5 Å². The molecule has 0 heterocycles. The van der Waals surface area contributed by atoms with Crippen LogP contribution < -0.4 is 0 Å². The molecule has 0 aliphatic heterocycles. The molecule has 0 aromatic rings. The van der Waals surface area contributed by atoms with Gasteiger partial charge in [0, 0.05) is 25.2 Å². The van der Waals surface area contributed by atoms with Crippen LogP contribution in [0.3, 0.4) is 0 Å². The molecule has 4 rings (SSSR count). The number of esters is 1. The SMILES string of the molecule is CCC(=O)[C@@]1(OC(C)=O)CC[C@H]2[C@@H]3CCC4=CC(=O)CC[C@]4(C)[C@H]3CC[C@@]21C. The molecule has 4 aliphatic carbocycles. The van der Waals surface area contributed by atoms with Crippen LogP contribution in [0, 0.1) is 28.6 Å². The first-order valence-corrected chi connectivity index (χ1v) is 11.1. The summed E-state index contributed by atoms with van der Waals surface area (Å²) in [5, 5.41) is 0. The van der Waals surface area contributed by atoms with Crippen LogP contribution in [0.25, 0.3) is 0 Å². The standard InChI is InChI=1S/C24H34O4/c1-5-21(27)24(28-15(2)25)13-10-20-18-7-6-16-14-17(26)8-11-22(16,3)19(18)9-12-23(20,24)4/h14,18-20H,5-13H2,1-4H3/t18-,19+,20+,22+,23+,24+/m1/s1. The Balaban J connectivity index is 1.70. The number of Topliss-reactive ketones (excluding diaryl/α,β-unsaturated/α-hetero) is 1. The summed E-state index contributed by atoms with van der Waals surface area (Å²) in [7, 11) is 0. The molecule has 0 unspecified atom stereocenters.